The summed E-state index contributed by atoms with van der Waals surface area (Å²) < 4.78 is 5.35. The summed E-state index contributed by atoms with van der Waals surface area (Å²) in [6.45, 7) is 3.58. The minimum Gasteiger partial charge on any atom is -0.482 e. The number of carbonyl (C=O) groups is 1. The Bertz CT molecular complexity index is 949. The Morgan fingerprint density at radius 3 is 2.83 bits per heavy atom. The van der Waals surface area contributed by atoms with E-state index >= 15 is 0 Å². The number of amides is 1. The number of fused-ring (bicyclic) bond motifs is 1. The van der Waals surface area contributed by atoms with E-state index in [9.17, 15) is 9.59 Å². The van der Waals surface area contributed by atoms with Gasteiger partial charge in [-0.25, -0.2) is 0 Å². The van der Waals surface area contributed by atoms with Gasteiger partial charge >= 0.3 is 0 Å². The summed E-state index contributed by atoms with van der Waals surface area (Å²) in [7, 11) is 0. The van der Waals surface area contributed by atoms with Crippen LogP contribution in [0, 0.1) is 13.8 Å². The molecule has 2 heterocycles. The highest BCUT2D eigenvalue weighted by atomic mass is 16.5. The number of hydrogen-bond donors (Lipinski definition) is 2. The summed E-state index contributed by atoms with van der Waals surface area (Å²) in [6.07, 6.45) is 3.17. The second-order valence-corrected chi connectivity index (χ2v) is 5.49. The quantitative estimate of drug-likeness (QED) is 0.773. The van der Waals surface area contributed by atoms with Crippen molar-refractivity contribution in [1.82, 2.24) is 9.97 Å². The maximum absolute atomic E-state index is 12.0. The molecule has 1 aromatic carbocycles. The fraction of sp³-hybridized carbons (Fsp3) is 0.167. The van der Waals surface area contributed by atoms with Gasteiger partial charge in [0.2, 0.25) is 0 Å². The van der Waals surface area contributed by atoms with E-state index in [1.54, 1.807) is 43.6 Å². The molecule has 0 bridgehead atoms. The van der Waals surface area contributed by atoms with Gasteiger partial charge in [0.05, 0.1) is 11.7 Å². The fourth-order valence-electron chi connectivity index (χ4n) is 2.42. The van der Waals surface area contributed by atoms with E-state index in [2.05, 4.69) is 15.3 Å². The van der Waals surface area contributed by atoms with Crippen LogP contribution in [0.25, 0.3) is 10.9 Å². The molecule has 24 heavy (non-hydrogen) atoms. The van der Waals surface area contributed by atoms with E-state index in [1.807, 2.05) is 13.0 Å². The lowest BCUT2D eigenvalue weighted by atomic mass is 10.1. The lowest BCUT2D eigenvalue weighted by Gasteiger charge is -2.10. The van der Waals surface area contributed by atoms with E-state index in [1.165, 1.54) is 0 Å². The molecular weight excluding hydrogens is 306 g/mol. The predicted molar refractivity (Wildman–Crippen MR) is 92.4 cm³/mol. The van der Waals surface area contributed by atoms with Crippen molar-refractivity contribution in [2.24, 2.45) is 0 Å². The van der Waals surface area contributed by atoms with Crippen LogP contribution < -0.4 is 15.6 Å². The largest absolute Gasteiger partial charge is 0.482 e. The van der Waals surface area contributed by atoms with Gasteiger partial charge in [0.25, 0.3) is 11.5 Å². The smallest absolute Gasteiger partial charge is 0.262 e. The summed E-state index contributed by atoms with van der Waals surface area (Å²) in [5, 5.41) is 3.71. The zero-order valence-electron chi connectivity index (χ0n) is 13.4. The molecule has 3 aromatic rings. The van der Waals surface area contributed by atoms with Gasteiger partial charge < -0.3 is 15.0 Å². The van der Waals surface area contributed by atoms with Gasteiger partial charge in [-0.15, -0.1) is 0 Å². The van der Waals surface area contributed by atoms with Crippen molar-refractivity contribution in [3.05, 3.63) is 64.2 Å². The third-order valence-electron chi connectivity index (χ3n) is 3.86. The first kappa shape index (κ1) is 15.7. The Morgan fingerprint density at radius 1 is 1.25 bits per heavy atom. The third-order valence-corrected chi connectivity index (χ3v) is 3.86. The molecule has 122 valence electrons. The first-order chi connectivity index (χ1) is 11.5. The molecule has 0 unspecified atom stereocenters. The number of aromatic amines is 1. The van der Waals surface area contributed by atoms with Crippen LogP contribution in [0.3, 0.4) is 0 Å². The standard InChI is InChI=1S/C18H17N3O3/c1-11-12(2)18(23)21-16-8-13(5-6-15(11)16)20-17(22)10-24-14-4-3-7-19-9-14/h3-9H,10H2,1-2H3,(H,20,22)(H,21,23). The Balaban J connectivity index is 1.74. The van der Waals surface area contributed by atoms with Crippen LogP contribution in [-0.4, -0.2) is 22.5 Å². The van der Waals surface area contributed by atoms with Crippen LogP contribution in [0.15, 0.2) is 47.5 Å². The van der Waals surface area contributed by atoms with Crippen molar-refractivity contribution in [2.45, 2.75) is 13.8 Å². The molecule has 0 saturated heterocycles. The molecule has 3 rings (SSSR count). The number of aryl methyl sites for hydroxylation is 1. The SMILES string of the molecule is Cc1c(C)c2ccc(NC(=O)COc3cccnc3)cc2[nH]c1=O. The summed E-state index contributed by atoms with van der Waals surface area (Å²) >= 11 is 0. The zero-order chi connectivity index (χ0) is 17.1. The van der Waals surface area contributed by atoms with Gasteiger partial charge in [0, 0.05) is 22.8 Å². The molecule has 0 fully saturated rings. The minimum absolute atomic E-state index is 0.118. The number of nitrogens with one attached hydrogen (secondary N) is 2. The van der Waals surface area contributed by atoms with Gasteiger partial charge in [-0.3, -0.25) is 14.6 Å². The predicted octanol–water partition coefficient (Wildman–Crippen LogP) is 2.56. The van der Waals surface area contributed by atoms with Crippen molar-refractivity contribution >= 4 is 22.5 Å². The van der Waals surface area contributed by atoms with Crippen molar-refractivity contribution in [1.29, 1.82) is 0 Å². The number of rotatable bonds is 4. The number of H-pyrrole nitrogens is 1. The highest BCUT2D eigenvalue weighted by Crippen LogP contribution is 2.21. The molecule has 2 N–H and O–H groups in total. The summed E-state index contributed by atoms with van der Waals surface area (Å²) in [4.78, 5) is 30.6. The third kappa shape index (κ3) is 3.27. The van der Waals surface area contributed by atoms with Crippen LogP contribution in [0.4, 0.5) is 5.69 Å². The second-order valence-electron chi connectivity index (χ2n) is 5.49. The molecule has 0 aliphatic carbocycles. The Hall–Kier alpha value is -3.15. The number of carbonyl (C=O) groups excluding carboxylic acids is 1. The molecule has 6 nitrogen and oxygen atoms in total. The number of aromatic nitrogens is 2. The Kier molecular flexibility index (Phi) is 4.29. The number of benzene rings is 1. The lowest BCUT2D eigenvalue weighted by molar-refractivity contribution is -0.118. The Labute approximate surface area is 138 Å². The van der Waals surface area contributed by atoms with Crippen molar-refractivity contribution in [2.75, 3.05) is 11.9 Å². The molecule has 0 radical (unpaired) electrons. The normalized spacial score (nSPS) is 10.6. The molecule has 1 amide bonds. The monoisotopic (exact) mass is 323 g/mol. The topological polar surface area (TPSA) is 84.1 Å². The average Bonchev–Trinajstić information content (AvgIpc) is 2.59. The number of anilines is 1. The maximum atomic E-state index is 12.0. The van der Waals surface area contributed by atoms with E-state index in [0.29, 0.717) is 22.5 Å². The second kappa shape index (κ2) is 6.54. The number of ether oxygens (including phenoxy) is 1. The molecule has 6 heteroatoms. The molecule has 0 aliphatic heterocycles. The lowest BCUT2D eigenvalue weighted by Crippen LogP contribution is -2.20. The van der Waals surface area contributed by atoms with Crippen molar-refractivity contribution in [3.63, 3.8) is 0 Å². The first-order valence-corrected chi connectivity index (χ1v) is 7.50. The highest BCUT2D eigenvalue weighted by molar-refractivity contribution is 5.95. The molecular formula is C18H17N3O3. The van der Waals surface area contributed by atoms with Crippen molar-refractivity contribution in [3.8, 4) is 5.75 Å². The van der Waals surface area contributed by atoms with Gasteiger partial charge in [-0.05, 0) is 43.7 Å². The fourth-order valence-corrected chi connectivity index (χ4v) is 2.42. The zero-order valence-corrected chi connectivity index (χ0v) is 13.4. The Morgan fingerprint density at radius 2 is 2.08 bits per heavy atom. The van der Waals surface area contributed by atoms with E-state index in [-0.39, 0.29) is 18.1 Å². The average molecular weight is 323 g/mol. The van der Waals surface area contributed by atoms with Crippen molar-refractivity contribution < 1.29 is 9.53 Å². The summed E-state index contributed by atoms with van der Waals surface area (Å²) in [5.41, 5.74) is 2.80. The number of hydrogen-bond acceptors (Lipinski definition) is 4. The van der Waals surface area contributed by atoms with E-state index in [4.69, 9.17) is 4.74 Å². The minimum atomic E-state index is -0.288. The van der Waals surface area contributed by atoms with Crippen LogP contribution in [0.5, 0.6) is 5.75 Å². The van der Waals surface area contributed by atoms with E-state index < -0.39 is 0 Å². The molecule has 2 aromatic heterocycles. The molecule has 0 aliphatic rings. The summed E-state index contributed by atoms with van der Waals surface area (Å²) in [5.74, 6) is 0.242. The molecule has 0 spiro atoms. The van der Waals surface area contributed by atoms with Crippen LogP contribution in [-0.2, 0) is 4.79 Å². The van der Waals surface area contributed by atoms with Gasteiger partial charge in [-0.2, -0.15) is 0 Å². The number of nitrogens with zero attached hydrogens (tertiary/aromatic N) is 1. The first-order valence-electron chi connectivity index (χ1n) is 7.50. The van der Waals surface area contributed by atoms with Crippen LogP contribution >= 0.6 is 0 Å². The number of pyridine rings is 2. The highest BCUT2D eigenvalue weighted by Gasteiger charge is 2.08. The maximum Gasteiger partial charge on any atom is 0.262 e. The van der Waals surface area contributed by atoms with Gasteiger partial charge in [0.15, 0.2) is 6.61 Å². The van der Waals surface area contributed by atoms with Gasteiger partial charge in [0.1, 0.15) is 5.75 Å². The van der Waals surface area contributed by atoms with Crippen LogP contribution in [0.2, 0.25) is 0 Å². The van der Waals surface area contributed by atoms with E-state index in [0.717, 1.165) is 10.9 Å². The summed E-state index contributed by atoms with van der Waals surface area (Å²) in [6, 6.07) is 8.88. The van der Waals surface area contributed by atoms with Crippen LogP contribution in [0.1, 0.15) is 11.1 Å². The molecule has 0 atom stereocenters. The van der Waals surface area contributed by atoms with Gasteiger partial charge in [-0.1, -0.05) is 6.07 Å². The molecule has 0 saturated carbocycles.